The highest BCUT2D eigenvalue weighted by Gasteiger charge is 2.51. The second-order valence-electron chi connectivity index (χ2n) is 16.0. The first-order valence-corrected chi connectivity index (χ1v) is 21.4. The van der Waals surface area contributed by atoms with Crippen LogP contribution in [0.1, 0.15) is 54.9 Å². The van der Waals surface area contributed by atoms with E-state index in [-0.39, 0.29) is 25.9 Å². The third-order valence-corrected chi connectivity index (χ3v) is 11.9. The molecule has 12 heteroatoms. The average molecular weight is 835 g/mol. The SMILES string of the molecule is C[C@@H]1O[C@@H](OC(=O)CCc2c[nH]c3ccccc23)[C@@H](OC(=O)CCc2c[nH]c3ccccc23)[C@H](OCCCc2c[nH]c3ccccc23)[C@@H]1OC(=O)CCc1c[nH]c2ccccc12. The van der Waals surface area contributed by atoms with Gasteiger partial charge in [0.15, 0.2) is 12.2 Å². The normalized spacial score (nSPS) is 19.0. The van der Waals surface area contributed by atoms with Gasteiger partial charge in [-0.2, -0.15) is 0 Å². The Morgan fingerprint density at radius 1 is 0.484 bits per heavy atom. The Labute approximate surface area is 358 Å². The number of aromatic nitrogens is 4. The number of hydrogen-bond donors (Lipinski definition) is 4. The third kappa shape index (κ3) is 9.02. The van der Waals surface area contributed by atoms with Crippen LogP contribution in [0.2, 0.25) is 0 Å². The van der Waals surface area contributed by atoms with Gasteiger partial charge >= 0.3 is 17.9 Å². The number of nitrogens with one attached hydrogen (secondary N) is 4. The summed E-state index contributed by atoms with van der Waals surface area (Å²) in [5.41, 5.74) is 8.08. The first-order valence-electron chi connectivity index (χ1n) is 21.4. The molecule has 0 spiro atoms. The summed E-state index contributed by atoms with van der Waals surface area (Å²) in [4.78, 5) is 54.4. The number of ether oxygens (including phenoxy) is 5. The van der Waals surface area contributed by atoms with Crippen molar-refractivity contribution >= 4 is 61.5 Å². The minimum atomic E-state index is -1.32. The minimum Gasteiger partial charge on any atom is -0.457 e. The second kappa shape index (κ2) is 18.6. The highest BCUT2D eigenvalue weighted by molar-refractivity contribution is 5.86. The van der Waals surface area contributed by atoms with Crippen molar-refractivity contribution in [2.45, 2.75) is 89.0 Å². The summed E-state index contributed by atoms with van der Waals surface area (Å²) in [6.07, 6.45) is 5.17. The van der Waals surface area contributed by atoms with Gasteiger partial charge in [0.05, 0.1) is 6.10 Å². The van der Waals surface area contributed by atoms with Crippen molar-refractivity contribution in [2.75, 3.05) is 6.61 Å². The number of benzene rings is 4. The van der Waals surface area contributed by atoms with Crippen LogP contribution < -0.4 is 0 Å². The molecule has 0 amide bonds. The lowest BCUT2D eigenvalue weighted by Crippen LogP contribution is -2.61. The molecule has 4 aromatic carbocycles. The fraction of sp³-hybridized carbons (Fsp3) is 0.300. The Bertz CT molecular complexity index is 2810. The number of fused-ring (bicyclic) bond motifs is 4. The Hall–Kier alpha value is -6.63. The van der Waals surface area contributed by atoms with E-state index in [9.17, 15) is 14.4 Å². The van der Waals surface area contributed by atoms with Gasteiger partial charge in [0.2, 0.25) is 6.29 Å². The summed E-state index contributed by atoms with van der Waals surface area (Å²) in [5, 5.41) is 4.23. The van der Waals surface area contributed by atoms with Crippen molar-refractivity contribution in [1.82, 2.24) is 19.9 Å². The number of hydrogen-bond acceptors (Lipinski definition) is 8. The first kappa shape index (κ1) is 40.8. The highest BCUT2D eigenvalue weighted by Crippen LogP contribution is 2.32. The molecule has 4 aromatic heterocycles. The van der Waals surface area contributed by atoms with E-state index >= 15 is 0 Å². The molecule has 0 bridgehead atoms. The molecule has 9 rings (SSSR count). The lowest BCUT2D eigenvalue weighted by Gasteiger charge is -2.43. The number of H-pyrrole nitrogens is 4. The Balaban J connectivity index is 0.946. The molecule has 5 atom stereocenters. The molecule has 8 aromatic rings. The van der Waals surface area contributed by atoms with Crippen molar-refractivity contribution in [2.24, 2.45) is 0 Å². The predicted molar refractivity (Wildman–Crippen MR) is 236 cm³/mol. The lowest BCUT2D eigenvalue weighted by molar-refractivity contribution is -0.298. The van der Waals surface area contributed by atoms with E-state index < -0.39 is 48.6 Å². The molecule has 0 unspecified atom stereocenters. The predicted octanol–water partition coefficient (Wildman–Crippen LogP) is 8.94. The quantitative estimate of drug-likeness (QED) is 0.0402. The van der Waals surface area contributed by atoms with Gasteiger partial charge in [0, 0.05) is 94.3 Å². The zero-order valence-electron chi connectivity index (χ0n) is 34.6. The van der Waals surface area contributed by atoms with Crippen LogP contribution in [0.3, 0.4) is 0 Å². The zero-order valence-corrected chi connectivity index (χ0v) is 34.6. The number of aromatic amines is 4. The second-order valence-corrected chi connectivity index (χ2v) is 16.0. The zero-order chi connectivity index (χ0) is 42.4. The van der Waals surface area contributed by atoms with Gasteiger partial charge in [-0.15, -0.1) is 0 Å². The van der Waals surface area contributed by atoms with Gasteiger partial charge in [-0.3, -0.25) is 14.4 Å². The molecule has 1 aliphatic heterocycles. The van der Waals surface area contributed by atoms with Crippen LogP contribution in [-0.4, -0.2) is 75.2 Å². The molecule has 0 radical (unpaired) electrons. The van der Waals surface area contributed by atoms with Crippen LogP contribution in [0.15, 0.2) is 122 Å². The van der Waals surface area contributed by atoms with Crippen molar-refractivity contribution in [1.29, 1.82) is 0 Å². The summed E-state index contributed by atoms with van der Waals surface area (Å²) in [5.74, 6) is -1.52. The Kier molecular flexibility index (Phi) is 12.2. The van der Waals surface area contributed by atoms with E-state index in [1.54, 1.807) is 6.92 Å². The molecule has 62 heavy (non-hydrogen) atoms. The summed E-state index contributed by atoms with van der Waals surface area (Å²) >= 11 is 0. The van der Waals surface area contributed by atoms with E-state index in [2.05, 4.69) is 26.0 Å². The average Bonchev–Trinajstić information content (AvgIpc) is 4.10. The van der Waals surface area contributed by atoms with Gasteiger partial charge in [0.1, 0.15) is 6.10 Å². The van der Waals surface area contributed by atoms with E-state index in [0.717, 1.165) is 65.9 Å². The first-order chi connectivity index (χ1) is 30.4. The summed E-state index contributed by atoms with van der Waals surface area (Å²) in [6.45, 7) is 1.99. The van der Waals surface area contributed by atoms with E-state index in [0.29, 0.717) is 32.1 Å². The smallest absolute Gasteiger partial charge is 0.308 e. The number of esters is 3. The van der Waals surface area contributed by atoms with Crippen LogP contribution in [-0.2, 0) is 63.8 Å². The topological polar surface area (TPSA) is 161 Å². The Morgan fingerprint density at radius 3 is 1.29 bits per heavy atom. The van der Waals surface area contributed by atoms with Crippen molar-refractivity contribution < 1.29 is 38.1 Å². The standard InChI is InChI=1S/C50H50N4O8/c1-31-47(60-44(55)23-20-33-28-52-41-17-7-3-13-37(33)41)48(58-26-10-11-32-27-51-40-16-6-2-12-36(32)40)49(61-45(56)24-21-34-29-53-42-18-8-4-14-38(34)42)50(59-31)62-46(57)25-22-35-30-54-43-19-9-5-15-39(35)43/h2-9,12-19,27-31,47-54H,10-11,20-26H2,1H3/t31-,47+,48+,49-,50-/m0/s1. The number of aryl methyl sites for hydroxylation is 4. The number of para-hydroxylation sites is 4. The molecule has 4 N–H and O–H groups in total. The molecule has 1 fully saturated rings. The maximum absolute atomic E-state index is 13.9. The number of carbonyl (C=O) groups is 3. The molecule has 5 heterocycles. The van der Waals surface area contributed by atoms with Crippen LogP contribution in [0, 0.1) is 0 Å². The fourth-order valence-corrected chi connectivity index (χ4v) is 8.70. The van der Waals surface area contributed by atoms with Crippen molar-refractivity contribution in [3.05, 3.63) is 144 Å². The van der Waals surface area contributed by atoms with E-state index in [4.69, 9.17) is 23.7 Å². The van der Waals surface area contributed by atoms with Gasteiger partial charge < -0.3 is 43.6 Å². The molecule has 0 saturated carbocycles. The molecule has 318 valence electrons. The minimum absolute atomic E-state index is 0.0392. The van der Waals surface area contributed by atoms with Gasteiger partial charge in [0.25, 0.3) is 0 Å². The fourth-order valence-electron chi connectivity index (χ4n) is 8.70. The molecule has 1 saturated heterocycles. The van der Waals surface area contributed by atoms with Gasteiger partial charge in [-0.05, 0) is 85.5 Å². The maximum atomic E-state index is 13.9. The van der Waals surface area contributed by atoms with E-state index in [1.165, 1.54) is 0 Å². The van der Waals surface area contributed by atoms with Crippen LogP contribution in [0.4, 0.5) is 0 Å². The van der Waals surface area contributed by atoms with E-state index in [1.807, 2.05) is 116 Å². The molecular weight excluding hydrogens is 785 g/mol. The van der Waals surface area contributed by atoms with Crippen molar-refractivity contribution in [3.8, 4) is 0 Å². The van der Waals surface area contributed by atoms with Crippen LogP contribution in [0.25, 0.3) is 43.6 Å². The highest BCUT2D eigenvalue weighted by atomic mass is 16.7. The molecule has 0 aliphatic carbocycles. The maximum Gasteiger partial charge on any atom is 0.308 e. The van der Waals surface area contributed by atoms with Gasteiger partial charge in [-0.25, -0.2) is 0 Å². The van der Waals surface area contributed by atoms with Crippen molar-refractivity contribution in [3.63, 3.8) is 0 Å². The lowest BCUT2D eigenvalue weighted by atomic mass is 9.98. The number of rotatable bonds is 17. The van der Waals surface area contributed by atoms with Crippen LogP contribution >= 0.6 is 0 Å². The Morgan fingerprint density at radius 2 is 0.855 bits per heavy atom. The molecule has 12 nitrogen and oxygen atoms in total. The largest absolute Gasteiger partial charge is 0.457 e. The third-order valence-electron chi connectivity index (χ3n) is 11.9. The molecular formula is C50H50N4O8. The monoisotopic (exact) mass is 834 g/mol. The summed E-state index contributed by atoms with van der Waals surface area (Å²) < 4.78 is 31.5. The summed E-state index contributed by atoms with van der Waals surface area (Å²) in [6, 6.07) is 31.9. The number of carbonyl (C=O) groups excluding carboxylic acids is 3. The van der Waals surface area contributed by atoms with Gasteiger partial charge in [-0.1, -0.05) is 72.8 Å². The summed E-state index contributed by atoms with van der Waals surface area (Å²) in [7, 11) is 0. The molecule has 1 aliphatic rings. The van der Waals surface area contributed by atoms with Crippen LogP contribution in [0.5, 0.6) is 0 Å².